The zero-order chi connectivity index (χ0) is 42.8. The van der Waals surface area contributed by atoms with Crippen molar-refractivity contribution in [1.82, 2.24) is 10.6 Å². The highest BCUT2D eigenvalue weighted by atomic mass is 16.4. The van der Waals surface area contributed by atoms with E-state index >= 15 is 0 Å². The topological polar surface area (TPSA) is 191 Å². The van der Waals surface area contributed by atoms with Crippen molar-refractivity contribution in [2.45, 2.75) is 33.0 Å². The Hall–Kier alpha value is -6.26. The minimum atomic E-state index is -1.70. The van der Waals surface area contributed by atoms with Crippen LogP contribution in [-0.4, -0.2) is 76.4 Å². The van der Waals surface area contributed by atoms with Gasteiger partial charge < -0.3 is 40.8 Å². The van der Waals surface area contributed by atoms with Crippen molar-refractivity contribution in [2.24, 2.45) is 0 Å². The van der Waals surface area contributed by atoms with Crippen LogP contribution in [0, 0.1) is 0 Å². The van der Waals surface area contributed by atoms with Gasteiger partial charge in [-0.2, -0.15) is 9.13 Å². The first-order chi connectivity index (χ1) is 28.9. The second kappa shape index (κ2) is 20.1. The summed E-state index contributed by atoms with van der Waals surface area (Å²) in [5.41, 5.74) is 6.91. The van der Waals surface area contributed by atoms with E-state index in [0.29, 0.717) is 70.3 Å². The third-order valence-corrected chi connectivity index (χ3v) is 10.00. The summed E-state index contributed by atoms with van der Waals surface area (Å²) in [7, 11) is -5.02. The molecule has 0 aliphatic rings. The molecule has 0 saturated heterocycles. The summed E-state index contributed by atoms with van der Waals surface area (Å²) < 4.78 is 5.70. The molecule has 302 valence electrons. The van der Waals surface area contributed by atoms with Gasteiger partial charge in [0.15, 0.2) is 56.8 Å². The van der Waals surface area contributed by atoms with Gasteiger partial charge in [0.1, 0.15) is 5.56 Å². The molecule has 6 aromatic rings. The van der Waals surface area contributed by atoms with E-state index in [4.69, 9.17) is 0 Å². The number of benzene rings is 3. The van der Waals surface area contributed by atoms with Gasteiger partial charge in [0.05, 0.1) is 22.3 Å². The molecule has 0 aliphatic heterocycles. The fraction of sp³-hybridized carbons (Fsp3) is 0.159. The molecule has 3 heterocycles. The standard InChI is InChI=1S/C44H45B3N5O8/c1-31(2)43(53)48-18-10-19-49-44(54)39-22-38(29-52(30-39)26-35-13-5-8-17-42(35)47(59)60)37-21-36(27-51(28-37)25-34-12-4-7-16-41(34)46(57)58)32-14-9-20-50(23-32)24-33-11-3-6-15-40(33)45(55)56/h3-9,11-17,20-23,27-30,55-60H,1,10,18-19,24-26H2,2H3/q+1/p+2. The smallest absolute Gasteiger partial charge is 0.423 e. The number of aromatic nitrogens is 3. The molecule has 0 spiro atoms. The Bertz CT molecular complexity index is 2500. The summed E-state index contributed by atoms with van der Waals surface area (Å²) in [6, 6.07) is 28.7. The predicted octanol–water partition coefficient (Wildman–Crippen LogP) is -1.12. The molecular weight excluding hydrogens is 759 g/mol. The second-order valence-corrected chi connectivity index (χ2v) is 14.6. The molecule has 0 unspecified atom stereocenters. The minimum Gasteiger partial charge on any atom is -0.423 e. The third kappa shape index (κ3) is 11.3. The van der Waals surface area contributed by atoms with E-state index in [9.17, 15) is 39.7 Å². The fourth-order valence-corrected chi connectivity index (χ4v) is 6.97. The summed E-state index contributed by atoms with van der Waals surface area (Å²) in [5.74, 6) is -0.601. The van der Waals surface area contributed by atoms with Crippen LogP contribution in [0.2, 0.25) is 0 Å². The Morgan fingerprint density at radius 2 is 0.983 bits per heavy atom. The van der Waals surface area contributed by atoms with Gasteiger partial charge in [-0.3, -0.25) is 9.59 Å². The monoisotopic (exact) mass is 806 g/mol. The minimum absolute atomic E-state index is 0.207. The Morgan fingerprint density at radius 3 is 1.50 bits per heavy atom. The number of carbonyl (C=O) groups excluding carboxylic acids is 2. The van der Waals surface area contributed by atoms with Crippen molar-refractivity contribution in [2.75, 3.05) is 13.1 Å². The maximum absolute atomic E-state index is 13.8. The average molecular weight is 806 g/mol. The lowest BCUT2D eigenvalue weighted by atomic mass is 9.77. The zero-order valence-corrected chi connectivity index (χ0v) is 33.2. The Labute approximate surface area is 349 Å². The first kappa shape index (κ1) is 43.3. The van der Waals surface area contributed by atoms with Crippen molar-refractivity contribution < 1.29 is 53.4 Å². The summed E-state index contributed by atoms with van der Waals surface area (Å²) >= 11 is 0. The van der Waals surface area contributed by atoms with Crippen LogP contribution < -0.4 is 40.7 Å². The first-order valence-electron chi connectivity index (χ1n) is 19.5. The van der Waals surface area contributed by atoms with E-state index in [-0.39, 0.29) is 24.9 Å². The Kier molecular flexibility index (Phi) is 14.5. The molecular formula is C44H47B3N5O8+3. The molecule has 8 N–H and O–H groups in total. The largest absolute Gasteiger partial charge is 0.488 e. The summed E-state index contributed by atoms with van der Waals surface area (Å²) in [6.45, 7) is 6.76. The SMILES string of the molecule is C=C(C)C(=O)NCCCNC(=O)c1cc(-c2cc(-c3ccc[n+](Cc4ccccc4B(O)O)c3)c[n+](Cc3ccccc3B(O)O)c2)c[n+](Cc2ccccc2B(O)O)c1. The van der Waals surface area contributed by atoms with Gasteiger partial charge in [-0.05, 0) is 47.9 Å². The maximum atomic E-state index is 13.8. The van der Waals surface area contributed by atoms with Crippen molar-refractivity contribution in [3.05, 3.63) is 169 Å². The normalized spacial score (nSPS) is 10.8. The van der Waals surface area contributed by atoms with Gasteiger partial charge in [-0.25, -0.2) is 4.57 Å². The van der Waals surface area contributed by atoms with Gasteiger partial charge in [-0.15, -0.1) is 0 Å². The average Bonchev–Trinajstić information content (AvgIpc) is 3.23. The van der Waals surface area contributed by atoms with Gasteiger partial charge >= 0.3 is 21.4 Å². The molecule has 2 amide bonds. The van der Waals surface area contributed by atoms with Crippen LogP contribution in [0.5, 0.6) is 0 Å². The molecule has 0 atom stereocenters. The van der Waals surface area contributed by atoms with Crippen LogP contribution in [0.15, 0.2) is 146 Å². The van der Waals surface area contributed by atoms with Gasteiger partial charge in [0.25, 0.3) is 5.91 Å². The first-order valence-corrected chi connectivity index (χ1v) is 19.5. The number of carbonyl (C=O) groups is 2. The molecule has 0 aliphatic carbocycles. The van der Waals surface area contributed by atoms with Gasteiger partial charge in [0.2, 0.25) is 5.91 Å². The molecule has 3 aromatic carbocycles. The zero-order valence-electron chi connectivity index (χ0n) is 33.2. The molecule has 13 nitrogen and oxygen atoms in total. The molecule has 0 saturated carbocycles. The number of rotatable bonds is 17. The van der Waals surface area contributed by atoms with Crippen molar-refractivity contribution in [3.8, 4) is 22.3 Å². The van der Waals surface area contributed by atoms with Crippen molar-refractivity contribution in [1.29, 1.82) is 0 Å². The summed E-state index contributed by atoms with van der Waals surface area (Å²) in [4.78, 5) is 25.7. The fourth-order valence-electron chi connectivity index (χ4n) is 6.97. The van der Waals surface area contributed by atoms with Crippen LogP contribution in [0.4, 0.5) is 0 Å². The molecule has 60 heavy (non-hydrogen) atoms. The van der Waals surface area contributed by atoms with Crippen molar-refractivity contribution >= 4 is 49.6 Å². The van der Waals surface area contributed by atoms with Crippen LogP contribution in [0.1, 0.15) is 40.4 Å². The van der Waals surface area contributed by atoms with E-state index in [1.165, 1.54) is 0 Å². The van der Waals surface area contributed by atoms with Crippen LogP contribution in [0.3, 0.4) is 0 Å². The highest BCUT2D eigenvalue weighted by molar-refractivity contribution is 6.60. The van der Waals surface area contributed by atoms with E-state index in [1.807, 2.05) is 87.2 Å². The number of nitrogens with zero attached hydrogens (tertiary/aromatic N) is 3. The number of pyridine rings is 3. The highest BCUT2D eigenvalue weighted by Gasteiger charge is 2.24. The van der Waals surface area contributed by atoms with Crippen LogP contribution in [0.25, 0.3) is 22.3 Å². The third-order valence-electron chi connectivity index (χ3n) is 10.00. The van der Waals surface area contributed by atoms with Crippen LogP contribution in [-0.2, 0) is 24.4 Å². The molecule has 16 heteroatoms. The van der Waals surface area contributed by atoms with Gasteiger partial charge in [-0.1, -0.05) is 79.4 Å². The highest BCUT2D eigenvalue weighted by Crippen LogP contribution is 2.25. The predicted molar refractivity (Wildman–Crippen MR) is 229 cm³/mol. The number of hydrogen-bond acceptors (Lipinski definition) is 8. The molecule has 0 fully saturated rings. The molecule has 0 radical (unpaired) electrons. The Balaban J connectivity index is 1.43. The maximum Gasteiger partial charge on any atom is 0.488 e. The summed E-state index contributed by atoms with van der Waals surface area (Å²) in [5, 5.41) is 66.4. The summed E-state index contributed by atoms with van der Waals surface area (Å²) in [6.07, 6.45) is 11.8. The molecule has 0 bridgehead atoms. The lowest BCUT2D eigenvalue weighted by molar-refractivity contribution is -0.689. The van der Waals surface area contributed by atoms with E-state index in [1.54, 1.807) is 67.7 Å². The van der Waals surface area contributed by atoms with Crippen LogP contribution >= 0.6 is 0 Å². The Morgan fingerprint density at radius 1 is 0.550 bits per heavy atom. The number of nitrogens with one attached hydrogen (secondary N) is 2. The van der Waals surface area contributed by atoms with E-state index < -0.39 is 21.4 Å². The lowest BCUT2D eigenvalue weighted by Crippen LogP contribution is -2.42. The van der Waals surface area contributed by atoms with Gasteiger partial charge in [0, 0.05) is 41.4 Å². The lowest BCUT2D eigenvalue weighted by Gasteiger charge is -2.11. The van der Waals surface area contributed by atoms with Crippen molar-refractivity contribution in [3.63, 3.8) is 0 Å². The van der Waals surface area contributed by atoms with E-state index in [0.717, 1.165) is 22.3 Å². The quantitative estimate of drug-likeness (QED) is 0.0246. The van der Waals surface area contributed by atoms with E-state index in [2.05, 4.69) is 17.2 Å². The second-order valence-electron chi connectivity index (χ2n) is 14.6. The molecule has 3 aromatic heterocycles. The number of amides is 2. The molecule has 6 rings (SSSR count). The number of hydrogen-bond donors (Lipinski definition) is 8.